The summed E-state index contributed by atoms with van der Waals surface area (Å²) >= 11 is 18.0. The molecule has 1 saturated heterocycles. The van der Waals surface area contributed by atoms with Crippen molar-refractivity contribution in [1.29, 1.82) is 0 Å². The molecule has 4 amide bonds. The zero-order valence-corrected chi connectivity index (χ0v) is 16.2. The number of rotatable bonds is 4. The van der Waals surface area contributed by atoms with E-state index in [-0.39, 0.29) is 19.5 Å². The van der Waals surface area contributed by atoms with Crippen LogP contribution in [0.3, 0.4) is 0 Å². The van der Waals surface area contributed by atoms with Crippen molar-refractivity contribution in [1.82, 2.24) is 15.3 Å². The zero-order valence-electron chi connectivity index (χ0n) is 13.9. The maximum atomic E-state index is 12.8. The van der Waals surface area contributed by atoms with Crippen LogP contribution in [0.15, 0.2) is 42.5 Å². The second-order valence-electron chi connectivity index (χ2n) is 5.88. The third kappa shape index (κ3) is 4.53. The minimum atomic E-state index is -0.690. The Morgan fingerprint density at radius 1 is 1.00 bits per heavy atom. The Bertz CT molecular complexity index is 920. The molecule has 0 spiro atoms. The summed E-state index contributed by atoms with van der Waals surface area (Å²) in [5.74, 6) is -0.982. The highest BCUT2D eigenvalue weighted by molar-refractivity contribution is 6.42. The van der Waals surface area contributed by atoms with E-state index in [1.165, 1.54) is 5.01 Å². The highest BCUT2D eigenvalue weighted by atomic mass is 35.5. The number of amides is 4. The van der Waals surface area contributed by atoms with Gasteiger partial charge in [-0.25, -0.2) is 14.8 Å². The molecule has 0 aromatic heterocycles. The third-order valence-corrected chi connectivity index (χ3v) is 5.08. The van der Waals surface area contributed by atoms with Gasteiger partial charge in [0.2, 0.25) is 11.8 Å². The number of nitrogens with one attached hydrogen (secondary N) is 1. The van der Waals surface area contributed by atoms with Crippen molar-refractivity contribution in [3.05, 3.63) is 68.7 Å². The molecule has 1 aliphatic rings. The fourth-order valence-corrected chi connectivity index (χ4v) is 3.16. The molecule has 1 heterocycles. The van der Waals surface area contributed by atoms with Crippen LogP contribution >= 0.6 is 34.8 Å². The second-order valence-corrected chi connectivity index (χ2v) is 7.10. The van der Waals surface area contributed by atoms with Crippen LogP contribution in [-0.2, 0) is 22.6 Å². The Morgan fingerprint density at radius 2 is 1.74 bits per heavy atom. The van der Waals surface area contributed by atoms with Gasteiger partial charge in [-0.1, -0.05) is 59.1 Å². The van der Waals surface area contributed by atoms with E-state index in [9.17, 15) is 14.4 Å². The van der Waals surface area contributed by atoms with Gasteiger partial charge in [0.25, 0.3) is 0 Å². The molecule has 0 unspecified atom stereocenters. The van der Waals surface area contributed by atoms with E-state index in [1.807, 2.05) is 0 Å². The summed E-state index contributed by atoms with van der Waals surface area (Å²) in [7, 11) is 0. The fourth-order valence-electron chi connectivity index (χ4n) is 2.64. The van der Waals surface area contributed by atoms with Crippen molar-refractivity contribution in [3.63, 3.8) is 0 Å². The topological polar surface area (TPSA) is 69.7 Å². The van der Waals surface area contributed by atoms with E-state index in [0.717, 1.165) is 5.01 Å². The monoisotopic (exact) mass is 425 g/mol. The number of carbonyl (C=O) groups is 3. The predicted octanol–water partition coefficient (Wildman–Crippen LogP) is 3.68. The van der Waals surface area contributed by atoms with Gasteiger partial charge < -0.3 is 0 Å². The second kappa shape index (κ2) is 8.17. The van der Waals surface area contributed by atoms with Crippen LogP contribution in [0.1, 0.15) is 11.1 Å². The molecule has 0 aliphatic carbocycles. The molecule has 1 fully saturated rings. The van der Waals surface area contributed by atoms with Crippen LogP contribution in [0.2, 0.25) is 15.1 Å². The third-order valence-electron chi connectivity index (χ3n) is 3.97. The molecule has 1 aliphatic heterocycles. The standard InChI is InChI=1S/C18H14Cl3N3O3/c19-13-4-2-1-3-12(13)8-17(26)23-10-16(25)22-18(27)24(23)9-11-5-6-14(20)15(21)7-11/h1-7H,8-10H2,(H,22,25,27). The van der Waals surface area contributed by atoms with Gasteiger partial charge in [0.05, 0.1) is 23.0 Å². The summed E-state index contributed by atoms with van der Waals surface area (Å²) < 4.78 is 0. The number of hydrogen-bond acceptors (Lipinski definition) is 3. The van der Waals surface area contributed by atoms with Crippen molar-refractivity contribution < 1.29 is 14.4 Å². The smallest absolute Gasteiger partial charge is 0.275 e. The lowest BCUT2D eigenvalue weighted by Gasteiger charge is -2.37. The van der Waals surface area contributed by atoms with Crippen LogP contribution in [0.5, 0.6) is 0 Å². The van der Waals surface area contributed by atoms with E-state index in [0.29, 0.717) is 26.2 Å². The first-order valence-electron chi connectivity index (χ1n) is 7.94. The first kappa shape index (κ1) is 19.5. The van der Waals surface area contributed by atoms with E-state index in [2.05, 4.69) is 5.32 Å². The van der Waals surface area contributed by atoms with Gasteiger partial charge in [0, 0.05) is 5.02 Å². The molecule has 1 N–H and O–H groups in total. The SMILES string of the molecule is O=C1CN(C(=O)Cc2ccccc2Cl)N(Cc2ccc(Cl)c(Cl)c2)C(=O)N1. The Balaban J connectivity index is 1.84. The van der Waals surface area contributed by atoms with Gasteiger partial charge in [-0.05, 0) is 29.3 Å². The molecule has 27 heavy (non-hydrogen) atoms. The lowest BCUT2D eigenvalue weighted by atomic mass is 10.1. The average Bonchev–Trinajstić information content (AvgIpc) is 2.62. The minimum absolute atomic E-state index is 0.0435. The number of benzene rings is 2. The average molecular weight is 427 g/mol. The number of hydrogen-bond donors (Lipinski definition) is 1. The molecule has 6 nitrogen and oxygen atoms in total. The molecule has 0 saturated carbocycles. The molecule has 3 rings (SSSR count). The molecule has 2 aromatic rings. The van der Waals surface area contributed by atoms with Crippen molar-refractivity contribution in [2.75, 3.05) is 6.54 Å². The van der Waals surface area contributed by atoms with Crippen molar-refractivity contribution in [3.8, 4) is 0 Å². The summed E-state index contributed by atoms with van der Waals surface area (Å²) in [5, 5.41) is 5.64. The first-order chi connectivity index (χ1) is 12.8. The van der Waals surface area contributed by atoms with Crippen LogP contribution in [0.4, 0.5) is 4.79 Å². The van der Waals surface area contributed by atoms with Crippen molar-refractivity contribution >= 4 is 52.6 Å². The summed E-state index contributed by atoms with van der Waals surface area (Å²) in [5.41, 5.74) is 1.27. The maximum absolute atomic E-state index is 12.8. The number of urea groups is 1. The Labute approximate surface area is 170 Å². The summed E-state index contributed by atoms with van der Waals surface area (Å²) in [4.78, 5) is 36.9. The van der Waals surface area contributed by atoms with Crippen LogP contribution in [0.25, 0.3) is 0 Å². The lowest BCUT2D eigenvalue weighted by Crippen LogP contribution is -2.62. The molecule has 0 atom stereocenters. The van der Waals surface area contributed by atoms with Gasteiger partial charge in [-0.2, -0.15) is 0 Å². The van der Waals surface area contributed by atoms with E-state index >= 15 is 0 Å². The number of nitrogens with zero attached hydrogens (tertiary/aromatic N) is 2. The van der Waals surface area contributed by atoms with Crippen LogP contribution < -0.4 is 5.32 Å². The first-order valence-corrected chi connectivity index (χ1v) is 9.07. The Morgan fingerprint density at radius 3 is 2.44 bits per heavy atom. The van der Waals surface area contributed by atoms with Gasteiger partial charge in [0.15, 0.2) is 0 Å². The highest BCUT2D eigenvalue weighted by Gasteiger charge is 2.34. The van der Waals surface area contributed by atoms with Gasteiger partial charge in [-0.3, -0.25) is 14.9 Å². The van der Waals surface area contributed by atoms with Crippen molar-refractivity contribution in [2.24, 2.45) is 0 Å². The molecular formula is C18H14Cl3N3O3. The normalized spacial score (nSPS) is 14.3. The maximum Gasteiger partial charge on any atom is 0.343 e. The Hall–Kier alpha value is -2.28. The predicted molar refractivity (Wildman–Crippen MR) is 102 cm³/mol. The van der Waals surface area contributed by atoms with Gasteiger partial charge in [-0.15, -0.1) is 0 Å². The zero-order chi connectivity index (χ0) is 19.6. The van der Waals surface area contributed by atoms with Crippen LogP contribution in [0, 0.1) is 0 Å². The fraction of sp³-hybridized carbons (Fsp3) is 0.167. The van der Waals surface area contributed by atoms with E-state index in [1.54, 1.807) is 42.5 Å². The summed E-state index contributed by atoms with van der Waals surface area (Å²) in [6, 6.07) is 11.1. The van der Waals surface area contributed by atoms with Crippen LogP contribution in [-0.4, -0.2) is 34.4 Å². The number of hydrazine groups is 1. The quantitative estimate of drug-likeness (QED) is 0.811. The van der Waals surface area contributed by atoms with Gasteiger partial charge in [0.1, 0.15) is 6.54 Å². The number of imide groups is 1. The summed E-state index contributed by atoms with van der Waals surface area (Å²) in [6.45, 7) is -0.222. The number of halogens is 3. The molecule has 0 bridgehead atoms. The largest absolute Gasteiger partial charge is 0.343 e. The van der Waals surface area contributed by atoms with Gasteiger partial charge >= 0.3 is 6.03 Å². The van der Waals surface area contributed by atoms with E-state index in [4.69, 9.17) is 34.8 Å². The molecule has 9 heteroatoms. The number of carbonyl (C=O) groups excluding carboxylic acids is 3. The Kier molecular flexibility index (Phi) is 5.89. The molecule has 140 valence electrons. The summed E-state index contributed by atoms with van der Waals surface area (Å²) in [6.07, 6.45) is -0.0435. The minimum Gasteiger partial charge on any atom is -0.275 e. The van der Waals surface area contributed by atoms with E-state index < -0.39 is 17.8 Å². The molecule has 2 aromatic carbocycles. The lowest BCUT2D eigenvalue weighted by molar-refractivity contribution is -0.152. The molecule has 0 radical (unpaired) electrons. The highest BCUT2D eigenvalue weighted by Crippen LogP contribution is 2.24. The molecular weight excluding hydrogens is 413 g/mol. The van der Waals surface area contributed by atoms with Crippen molar-refractivity contribution in [2.45, 2.75) is 13.0 Å².